The van der Waals surface area contributed by atoms with E-state index in [-0.39, 0.29) is 22.8 Å². The zero-order valence-electron chi connectivity index (χ0n) is 16.9. The molecule has 7 heteroatoms. The number of hydrogen-bond acceptors (Lipinski definition) is 4. The molecule has 1 spiro atoms. The van der Waals surface area contributed by atoms with Gasteiger partial charge in [0.25, 0.3) is 5.91 Å². The number of benzene rings is 1. The number of aromatic nitrogens is 1. The molecule has 1 fully saturated rings. The first kappa shape index (κ1) is 19.4. The molecule has 1 aliphatic heterocycles. The summed E-state index contributed by atoms with van der Waals surface area (Å²) in [7, 11) is 3.19. The number of fused-ring (bicyclic) bond motifs is 2. The molecule has 152 valence electrons. The van der Waals surface area contributed by atoms with E-state index in [4.69, 9.17) is 5.73 Å². The van der Waals surface area contributed by atoms with Crippen LogP contribution in [0.3, 0.4) is 0 Å². The lowest BCUT2D eigenvalue weighted by atomic mass is 9.76. The minimum Gasteiger partial charge on any atom is -0.369 e. The van der Waals surface area contributed by atoms with Crippen molar-refractivity contribution in [3.05, 3.63) is 47.4 Å². The van der Waals surface area contributed by atoms with E-state index >= 15 is 4.39 Å². The number of hydrogen-bond donors (Lipinski definition) is 2. The van der Waals surface area contributed by atoms with Crippen molar-refractivity contribution in [2.24, 2.45) is 11.1 Å². The summed E-state index contributed by atoms with van der Waals surface area (Å²) in [5.41, 5.74) is 6.83. The van der Waals surface area contributed by atoms with Crippen LogP contribution in [0.15, 0.2) is 30.5 Å². The third-order valence-electron chi connectivity index (χ3n) is 6.48. The number of nitrogens with one attached hydrogen (secondary N) is 1. The van der Waals surface area contributed by atoms with Crippen LogP contribution in [0.1, 0.15) is 42.1 Å². The van der Waals surface area contributed by atoms with E-state index in [0.717, 1.165) is 24.2 Å². The molecule has 1 saturated carbocycles. The second kappa shape index (κ2) is 6.54. The highest BCUT2D eigenvalue weighted by molar-refractivity contribution is 5.95. The Morgan fingerprint density at radius 1 is 1.28 bits per heavy atom. The Morgan fingerprint density at radius 2 is 2.03 bits per heavy atom. The fourth-order valence-corrected chi connectivity index (χ4v) is 4.70. The number of nitrogens with zero attached hydrogens (tertiary/aromatic N) is 2. The van der Waals surface area contributed by atoms with Crippen molar-refractivity contribution in [2.45, 2.75) is 31.6 Å². The van der Waals surface area contributed by atoms with Gasteiger partial charge in [-0.25, -0.2) is 9.37 Å². The highest BCUT2D eigenvalue weighted by Gasteiger charge is 2.52. The Balaban J connectivity index is 1.77. The summed E-state index contributed by atoms with van der Waals surface area (Å²) in [5.74, 6) is -0.456. The molecule has 6 nitrogen and oxygen atoms in total. The molecule has 2 amide bonds. The number of primary amides is 1. The maximum atomic E-state index is 15.2. The summed E-state index contributed by atoms with van der Waals surface area (Å²) in [6.07, 6.45) is 3.80. The number of anilines is 1. The van der Waals surface area contributed by atoms with Crippen LogP contribution in [0, 0.1) is 11.2 Å². The first-order valence-corrected chi connectivity index (χ1v) is 9.72. The van der Waals surface area contributed by atoms with Crippen molar-refractivity contribution in [2.75, 3.05) is 26.0 Å². The van der Waals surface area contributed by atoms with Gasteiger partial charge in [0.2, 0.25) is 5.91 Å². The minimum atomic E-state index is -0.554. The molecule has 0 radical (unpaired) electrons. The zero-order chi connectivity index (χ0) is 21.0. The molecule has 0 saturated heterocycles. The third kappa shape index (κ3) is 2.96. The standard InChI is InChI=1S/C22H25FN4O2/c1-21(20(24)29)7-8-22(11-21)12-26-18-16(22)9-13(10-25-18)14-5-4-6-15(17(14)23)19(28)27(2)3/h4-6,9-10H,7-8,11-12H2,1-3H3,(H2,24,29)(H,25,26)/t21-,22-/m0/s1. The van der Waals surface area contributed by atoms with Crippen molar-refractivity contribution in [3.63, 3.8) is 0 Å². The van der Waals surface area contributed by atoms with Gasteiger partial charge >= 0.3 is 0 Å². The predicted octanol–water partition coefficient (Wildman–Crippen LogP) is 2.93. The summed E-state index contributed by atoms with van der Waals surface area (Å²) in [6.45, 7) is 2.60. The fraction of sp³-hybridized carbons (Fsp3) is 0.409. The third-order valence-corrected chi connectivity index (χ3v) is 6.48. The molecule has 2 heterocycles. The molecule has 1 aromatic heterocycles. The number of nitrogens with two attached hydrogens (primary N) is 1. The van der Waals surface area contributed by atoms with Crippen LogP contribution >= 0.6 is 0 Å². The highest BCUT2D eigenvalue weighted by Crippen LogP contribution is 2.54. The minimum absolute atomic E-state index is 0.0306. The number of rotatable bonds is 3. The Bertz CT molecular complexity index is 1020. The summed E-state index contributed by atoms with van der Waals surface area (Å²) < 4.78 is 15.2. The molecule has 1 aliphatic carbocycles. The Kier molecular flexibility index (Phi) is 4.37. The summed E-state index contributed by atoms with van der Waals surface area (Å²) >= 11 is 0. The van der Waals surface area contributed by atoms with Crippen LogP contribution in [0.25, 0.3) is 11.1 Å². The lowest BCUT2D eigenvalue weighted by Gasteiger charge is -2.26. The van der Waals surface area contributed by atoms with E-state index in [2.05, 4.69) is 10.3 Å². The molecule has 29 heavy (non-hydrogen) atoms. The highest BCUT2D eigenvalue weighted by atomic mass is 19.1. The van der Waals surface area contributed by atoms with Crippen LogP contribution in [0.2, 0.25) is 0 Å². The lowest BCUT2D eigenvalue weighted by Crippen LogP contribution is -2.35. The van der Waals surface area contributed by atoms with E-state index in [1.807, 2.05) is 13.0 Å². The molecule has 3 N–H and O–H groups in total. The smallest absolute Gasteiger partial charge is 0.256 e. The van der Waals surface area contributed by atoms with E-state index in [9.17, 15) is 9.59 Å². The molecular formula is C22H25FN4O2. The molecule has 1 aromatic carbocycles. The number of carbonyl (C=O) groups is 2. The Labute approximate surface area is 169 Å². The maximum absolute atomic E-state index is 15.2. The van der Waals surface area contributed by atoms with Gasteiger partial charge in [0.05, 0.1) is 5.56 Å². The first-order valence-electron chi connectivity index (χ1n) is 9.72. The number of halogens is 1. The van der Waals surface area contributed by atoms with Gasteiger partial charge in [-0.15, -0.1) is 0 Å². The van der Waals surface area contributed by atoms with Crippen LogP contribution in [-0.2, 0) is 10.2 Å². The zero-order valence-corrected chi connectivity index (χ0v) is 16.9. The van der Waals surface area contributed by atoms with Crippen molar-refractivity contribution in [1.29, 1.82) is 0 Å². The van der Waals surface area contributed by atoms with Gasteiger partial charge in [0, 0.05) is 54.4 Å². The van der Waals surface area contributed by atoms with Gasteiger partial charge in [-0.05, 0) is 31.4 Å². The topological polar surface area (TPSA) is 88.3 Å². The number of pyridine rings is 1. The van der Waals surface area contributed by atoms with Crippen LogP contribution in [0.4, 0.5) is 10.2 Å². The largest absolute Gasteiger partial charge is 0.369 e. The summed E-state index contributed by atoms with van der Waals surface area (Å²) in [4.78, 5) is 30.1. The normalized spacial score (nSPS) is 25.0. The Hall–Kier alpha value is -2.96. The second-order valence-corrected chi connectivity index (χ2v) is 8.72. The average Bonchev–Trinajstić information content (AvgIpc) is 3.23. The van der Waals surface area contributed by atoms with Crippen LogP contribution in [0.5, 0.6) is 0 Å². The fourth-order valence-electron chi connectivity index (χ4n) is 4.70. The monoisotopic (exact) mass is 396 g/mol. The molecule has 0 unspecified atom stereocenters. The van der Waals surface area contributed by atoms with Gasteiger partial charge in [-0.3, -0.25) is 9.59 Å². The van der Waals surface area contributed by atoms with Gasteiger partial charge in [0.1, 0.15) is 11.6 Å². The van der Waals surface area contributed by atoms with Crippen molar-refractivity contribution in [1.82, 2.24) is 9.88 Å². The Morgan fingerprint density at radius 3 is 2.69 bits per heavy atom. The van der Waals surface area contributed by atoms with E-state index in [0.29, 0.717) is 24.1 Å². The molecular weight excluding hydrogens is 371 g/mol. The summed E-state index contributed by atoms with van der Waals surface area (Å²) in [5, 5.41) is 3.33. The maximum Gasteiger partial charge on any atom is 0.256 e. The van der Waals surface area contributed by atoms with Gasteiger partial charge in [-0.1, -0.05) is 19.1 Å². The molecule has 4 rings (SSSR count). The second-order valence-electron chi connectivity index (χ2n) is 8.72. The summed E-state index contributed by atoms with van der Waals surface area (Å²) in [6, 6.07) is 6.76. The van der Waals surface area contributed by atoms with E-state index in [1.54, 1.807) is 32.4 Å². The quantitative estimate of drug-likeness (QED) is 0.835. The average molecular weight is 396 g/mol. The number of carbonyl (C=O) groups excluding carboxylic acids is 2. The molecule has 2 atom stereocenters. The SMILES string of the molecule is CN(C)C(=O)c1cccc(-c2cnc3c(c2)[C@]2(CC[C@](C)(C(N)=O)C2)CN3)c1F. The predicted molar refractivity (Wildman–Crippen MR) is 109 cm³/mol. The lowest BCUT2D eigenvalue weighted by molar-refractivity contribution is -0.126. The molecule has 2 aliphatic rings. The van der Waals surface area contributed by atoms with Crippen molar-refractivity contribution < 1.29 is 14.0 Å². The van der Waals surface area contributed by atoms with Gasteiger partial charge in [-0.2, -0.15) is 0 Å². The van der Waals surface area contributed by atoms with Crippen molar-refractivity contribution >= 4 is 17.6 Å². The molecule has 2 aromatic rings. The van der Waals surface area contributed by atoms with E-state index < -0.39 is 11.2 Å². The first-order chi connectivity index (χ1) is 13.7. The van der Waals surface area contributed by atoms with Crippen molar-refractivity contribution in [3.8, 4) is 11.1 Å². The van der Waals surface area contributed by atoms with Crippen LogP contribution < -0.4 is 11.1 Å². The van der Waals surface area contributed by atoms with Gasteiger partial charge < -0.3 is 16.0 Å². The molecule has 0 bridgehead atoms. The van der Waals surface area contributed by atoms with Crippen LogP contribution in [-0.4, -0.2) is 42.3 Å². The van der Waals surface area contributed by atoms with Gasteiger partial charge in [0.15, 0.2) is 0 Å². The number of amides is 2. The van der Waals surface area contributed by atoms with E-state index in [1.165, 1.54) is 11.0 Å².